The molecule has 0 aliphatic carbocycles. The Labute approximate surface area is 136 Å². The van der Waals surface area contributed by atoms with Crippen molar-refractivity contribution in [3.8, 4) is 5.69 Å². The van der Waals surface area contributed by atoms with Crippen LogP contribution < -0.4 is 5.73 Å². The Hall–Kier alpha value is -2.05. The van der Waals surface area contributed by atoms with Gasteiger partial charge in [-0.1, -0.05) is 23.2 Å². The van der Waals surface area contributed by atoms with Gasteiger partial charge in [-0.15, -0.1) is 0 Å². The third kappa shape index (κ3) is 3.40. The standard InChI is InChI=1S/C14H13Cl2N3O3/c1-7-5-11(14(21)22-8(2)13(17)20)18-19(7)12-4-3-9(15)6-10(12)16/h3-6,8H,1-2H3,(H2,17,20). The van der Waals surface area contributed by atoms with E-state index in [2.05, 4.69) is 5.10 Å². The third-order valence-electron chi connectivity index (χ3n) is 2.92. The minimum absolute atomic E-state index is 0.0524. The normalized spacial score (nSPS) is 12.0. The Morgan fingerprint density at radius 2 is 2.00 bits per heavy atom. The lowest BCUT2D eigenvalue weighted by molar-refractivity contribution is -0.125. The number of carbonyl (C=O) groups excluding carboxylic acids is 2. The van der Waals surface area contributed by atoms with Gasteiger partial charge in [0, 0.05) is 10.7 Å². The van der Waals surface area contributed by atoms with Crippen molar-refractivity contribution in [1.82, 2.24) is 9.78 Å². The number of primary amides is 1. The Morgan fingerprint density at radius 1 is 1.32 bits per heavy atom. The maximum Gasteiger partial charge on any atom is 0.359 e. The molecule has 1 aromatic carbocycles. The quantitative estimate of drug-likeness (QED) is 0.865. The summed E-state index contributed by atoms with van der Waals surface area (Å²) in [5.41, 5.74) is 6.35. The van der Waals surface area contributed by atoms with Crippen LogP contribution >= 0.6 is 23.2 Å². The molecule has 1 unspecified atom stereocenters. The van der Waals surface area contributed by atoms with Crippen LogP contribution in [-0.2, 0) is 9.53 Å². The highest BCUT2D eigenvalue weighted by molar-refractivity contribution is 6.35. The number of aromatic nitrogens is 2. The molecule has 0 saturated heterocycles. The number of ether oxygens (including phenoxy) is 1. The first-order chi connectivity index (χ1) is 10.3. The maximum atomic E-state index is 11.9. The van der Waals surface area contributed by atoms with Crippen molar-refractivity contribution in [3.05, 3.63) is 45.7 Å². The molecule has 0 fully saturated rings. The Balaban J connectivity index is 2.32. The van der Waals surface area contributed by atoms with Crippen LogP contribution in [0, 0.1) is 6.92 Å². The summed E-state index contributed by atoms with van der Waals surface area (Å²) in [6.45, 7) is 3.15. The molecule has 116 valence electrons. The summed E-state index contributed by atoms with van der Waals surface area (Å²) in [7, 11) is 0. The zero-order valence-electron chi connectivity index (χ0n) is 11.8. The predicted molar refractivity (Wildman–Crippen MR) is 82.4 cm³/mol. The second-order valence-corrected chi connectivity index (χ2v) is 5.47. The van der Waals surface area contributed by atoms with Crippen molar-refractivity contribution in [2.45, 2.75) is 20.0 Å². The fourth-order valence-electron chi connectivity index (χ4n) is 1.75. The average Bonchev–Trinajstić information content (AvgIpc) is 2.80. The lowest BCUT2D eigenvalue weighted by Gasteiger charge is -2.08. The van der Waals surface area contributed by atoms with Gasteiger partial charge in [-0.3, -0.25) is 4.79 Å². The first-order valence-electron chi connectivity index (χ1n) is 6.32. The van der Waals surface area contributed by atoms with Crippen molar-refractivity contribution in [1.29, 1.82) is 0 Å². The molecule has 2 rings (SSSR count). The van der Waals surface area contributed by atoms with Gasteiger partial charge in [-0.2, -0.15) is 5.10 Å². The average molecular weight is 342 g/mol. The lowest BCUT2D eigenvalue weighted by Crippen LogP contribution is -2.30. The highest BCUT2D eigenvalue weighted by Crippen LogP contribution is 2.25. The summed E-state index contributed by atoms with van der Waals surface area (Å²) in [6.07, 6.45) is -1.03. The summed E-state index contributed by atoms with van der Waals surface area (Å²) in [5, 5.41) is 5.03. The molecule has 6 nitrogen and oxygen atoms in total. The van der Waals surface area contributed by atoms with Gasteiger partial charge < -0.3 is 10.5 Å². The molecule has 0 saturated carbocycles. The van der Waals surface area contributed by atoms with Crippen LogP contribution in [-0.4, -0.2) is 27.8 Å². The molecule has 0 aliphatic heterocycles. The van der Waals surface area contributed by atoms with E-state index >= 15 is 0 Å². The molecule has 0 spiro atoms. The molecule has 1 atom stereocenters. The number of benzene rings is 1. The number of nitrogens with zero attached hydrogens (tertiary/aromatic N) is 2. The van der Waals surface area contributed by atoms with Crippen LogP contribution in [0.15, 0.2) is 24.3 Å². The van der Waals surface area contributed by atoms with Crippen molar-refractivity contribution < 1.29 is 14.3 Å². The third-order valence-corrected chi connectivity index (χ3v) is 3.46. The summed E-state index contributed by atoms with van der Waals surface area (Å²) in [5.74, 6) is -1.47. The van der Waals surface area contributed by atoms with Crippen LogP contribution in [0.25, 0.3) is 5.69 Å². The molecular formula is C14H13Cl2N3O3. The van der Waals surface area contributed by atoms with Crippen LogP contribution in [0.4, 0.5) is 0 Å². The second-order valence-electron chi connectivity index (χ2n) is 4.63. The van der Waals surface area contributed by atoms with E-state index in [1.165, 1.54) is 17.7 Å². The molecule has 2 aromatic rings. The number of nitrogens with two attached hydrogens (primary N) is 1. The van der Waals surface area contributed by atoms with E-state index in [1.807, 2.05) is 0 Å². The van der Waals surface area contributed by atoms with Crippen molar-refractivity contribution >= 4 is 35.1 Å². The summed E-state index contributed by atoms with van der Waals surface area (Å²) >= 11 is 12.0. The van der Waals surface area contributed by atoms with Crippen molar-refractivity contribution in [3.63, 3.8) is 0 Å². The van der Waals surface area contributed by atoms with Crippen LogP contribution in [0.3, 0.4) is 0 Å². The van der Waals surface area contributed by atoms with E-state index in [4.69, 9.17) is 33.7 Å². The highest BCUT2D eigenvalue weighted by atomic mass is 35.5. The van der Waals surface area contributed by atoms with E-state index < -0.39 is 18.0 Å². The highest BCUT2D eigenvalue weighted by Gasteiger charge is 2.20. The Kier molecular flexibility index (Phi) is 4.73. The zero-order chi connectivity index (χ0) is 16.4. The Morgan fingerprint density at radius 3 is 2.59 bits per heavy atom. The van der Waals surface area contributed by atoms with E-state index in [0.29, 0.717) is 21.4 Å². The van der Waals surface area contributed by atoms with Gasteiger partial charge in [0.1, 0.15) is 0 Å². The second kappa shape index (κ2) is 6.37. The van der Waals surface area contributed by atoms with Crippen molar-refractivity contribution in [2.24, 2.45) is 5.73 Å². The van der Waals surface area contributed by atoms with Crippen LogP contribution in [0.5, 0.6) is 0 Å². The van der Waals surface area contributed by atoms with Crippen LogP contribution in [0.1, 0.15) is 23.1 Å². The molecule has 1 amide bonds. The van der Waals surface area contributed by atoms with Gasteiger partial charge in [0.15, 0.2) is 11.8 Å². The number of aryl methyl sites for hydroxylation is 1. The van der Waals surface area contributed by atoms with Crippen LogP contribution in [0.2, 0.25) is 10.0 Å². The van der Waals surface area contributed by atoms with E-state index in [0.717, 1.165) is 0 Å². The largest absolute Gasteiger partial charge is 0.448 e. The van der Waals surface area contributed by atoms with Gasteiger partial charge in [0.05, 0.1) is 10.7 Å². The van der Waals surface area contributed by atoms with Gasteiger partial charge >= 0.3 is 5.97 Å². The number of esters is 1. The fourth-order valence-corrected chi connectivity index (χ4v) is 2.24. The first kappa shape index (κ1) is 16.3. The SMILES string of the molecule is Cc1cc(C(=O)OC(C)C(N)=O)nn1-c1ccc(Cl)cc1Cl. The summed E-state index contributed by atoms with van der Waals surface area (Å²) < 4.78 is 6.40. The first-order valence-corrected chi connectivity index (χ1v) is 7.07. The number of hydrogen-bond donors (Lipinski definition) is 1. The van der Waals surface area contributed by atoms with Gasteiger partial charge in [-0.25, -0.2) is 9.48 Å². The van der Waals surface area contributed by atoms with E-state index in [1.54, 1.807) is 25.1 Å². The molecule has 1 aromatic heterocycles. The summed E-state index contributed by atoms with van der Waals surface area (Å²) in [4.78, 5) is 22.9. The minimum atomic E-state index is -1.03. The number of rotatable bonds is 4. The number of amides is 1. The van der Waals surface area contributed by atoms with Gasteiger partial charge in [0.25, 0.3) is 5.91 Å². The predicted octanol–water partition coefficient (Wildman–Crippen LogP) is 2.52. The van der Waals surface area contributed by atoms with Crippen molar-refractivity contribution in [2.75, 3.05) is 0 Å². The zero-order valence-corrected chi connectivity index (χ0v) is 13.4. The molecule has 2 N–H and O–H groups in total. The van der Waals surface area contributed by atoms with Gasteiger partial charge in [-0.05, 0) is 38.1 Å². The number of halogens is 2. The minimum Gasteiger partial charge on any atom is -0.448 e. The molecular weight excluding hydrogens is 329 g/mol. The monoisotopic (exact) mass is 341 g/mol. The molecule has 0 bridgehead atoms. The molecule has 22 heavy (non-hydrogen) atoms. The van der Waals surface area contributed by atoms with E-state index in [9.17, 15) is 9.59 Å². The fraction of sp³-hybridized carbons (Fsp3) is 0.214. The maximum absolute atomic E-state index is 11.9. The molecule has 0 radical (unpaired) electrons. The van der Waals surface area contributed by atoms with E-state index in [-0.39, 0.29) is 5.69 Å². The molecule has 8 heteroatoms. The molecule has 0 aliphatic rings. The smallest absolute Gasteiger partial charge is 0.359 e. The lowest BCUT2D eigenvalue weighted by atomic mass is 10.3. The number of hydrogen-bond acceptors (Lipinski definition) is 4. The summed E-state index contributed by atoms with van der Waals surface area (Å²) in [6, 6.07) is 6.45. The van der Waals surface area contributed by atoms with Gasteiger partial charge in [0.2, 0.25) is 0 Å². The number of carbonyl (C=O) groups is 2. The Bertz CT molecular complexity index is 743. The topological polar surface area (TPSA) is 87.2 Å². The molecule has 1 heterocycles.